The van der Waals surface area contributed by atoms with E-state index in [0.29, 0.717) is 41.5 Å². The fraction of sp³-hybridized carbons (Fsp3) is 0.238. The van der Waals surface area contributed by atoms with Gasteiger partial charge in [0, 0.05) is 11.1 Å². The van der Waals surface area contributed by atoms with E-state index < -0.39 is 17.8 Å². The number of hydrogen-bond acceptors (Lipinski definition) is 5. The van der Waals surface area contributed by atoms with Crippen LogP contribution in [0, 0.1) is 0 Å². The van der Waals surface area contributed by atoms with E-state index in [1.807, 2.05) is 17.5 Å². The van der Waals surface area contributed by atoms with Crippen LogP contribution in [0.1, 0.15) is 22.4 Å². The Morgan fingerprint density at radius 3 is 2.80 bits per heavy atom. The van der Waals surface area contributed by atoms with Gasteiger partial charge in [-0.25, -0.2) is 9.78 Å². The first kappa shape index (κ1) is 22.2. The third-order valence-electron chi connectivity index (χ3n) is 4.03. The van der Waals surface area contributed by atoms with Gasteiger partial charge in [0.05, 0.1) is 12.1 Å². The highest BCUT2D eigenvalue weighted by Gasteiger charge is 2.30. The van der Waals surface area contributed by atoms with Crippen molar-refractivity contribution in [2.24, 2.45) is 0 Å². The van der Waals surface area contributed by atoms with Crippen molar-refractivity contribution in [2.45, 2.75) is 30.6 Å². The van der Waals surface area contributed by atoms with E-state index in [9.17, 15) is 18.0 Å². The fourth-order valence-corrected chi connectivity index (χ4v) is 4.13. The number of alkyl halides is 3. The number of halogens is 3. The molecule has 0 bridgehead atoms. The molecule has 0 spiro atoms. The molecule has 2 heterocycles. The fourth-order valence-electron chi connectivity index (χ4n) is 2.62. The molecule has 9 heteroatoms. The summed E-state index contributed by atoms with van der Waals surface area (Å²) in [6.45, 7) is 0.385. The molecule has 0 fully saturated rings. The van der Waals surface area contributed by atoms with Crippen molar-refractivity contribution in [3.8, 4) is 5.75 Å². The van der Waals surface area contributed by atoms with E-state index in [0.717, 1.165) is 10.9 Å². The molecular weight excluding hydrogens is 433 g/mol. The van der Waals surface area contributed by atoms with E-state index >= 15 is 0 Å². The third kappa shape index (κ3) is 6.77. The van der Waals surface area contributed by atoms with Crippen molar-refractivity contribution in [1.82, 2.24) is 10.3 Å². The molecular formula is C21H19F3N2O2S2. The van der Waals surface area contributed by atoms with Crippen molar-refractivity contribution >= 4 is 29.2 Å². The normalized spacial score (nSPS) is 11.3. The molecule has 4 nitrogen and oxygen atoms in total. The number of carbonyl (C=O) groups is 1. The highest BCUT2D eigenvalue weighted by molar-refractivity contribution is 7.99. The quantitative estimate of drug-likeness (QED) is 0.328. The number of benzene rings is 1. The predicted molar refractivity (Wildman–Crippen MR) is 112 cm³/mol. The molecule has 158 valence electrons. The van der Waals surface area contributed by atoms with Crippen molar-refractivity contribution in [3.05, 3.63) is 76.1 Å². The summed E-state index contributed by atoms with van der Waals surface area (Å²) < 4.78 is 43.8. The van der Waals surface area contributed by atoms with Gasteiger partial charge in [-0.1, -0.05) is 24.3 Å². The SMILES string of the molecule is O=C(NCc1cccs1)Oc1cccnc1SCCCc1cccc(C(F)(F)F)c1. The first-order valence-electron chi connectivity index (χ1n) is 9.14. The molecule has 0 aliphatic carbocycles. The van der Waals surface area contributed by atoms with Gasteiger partial charge in [0.1, 0.15) is 5.03 Å². The van der Waals surface area contributed by atoms with Crippen LogP contribution in [0.3, 0.4) is 0 Å². The second kappa shape index (κ2) is 10.5. The second-order valence-electron chi connectivity index (χ2n) is 6.28. The monoisotopic (exact) mass is 452 g/mol. The zero-order valence-corrected chi connectivity index (χ0v) is 17.4. The largest absolute Gasteiger partial charge is 0.416 e. The van der Waals surface area contributed by atoms with Crippen LogP contribution in [-0.4, -0.2) is 16.8 Å². The topological polar surface area (TPSA) is 51.2 Å². The molecule has 0 atom stereocenters. The van der Waals surface area contributed by atoms with Gasteiger partial charge in [-0.3, -0.25) is 0 Å². The standard InChI is InChI=1S/C21H19F3N2O2S2/c22-21(23,24)16-7-1-5-15(13-16)6-3-12-30-19-18(9-2-10-25-19)28-20(27)26-14-17-8-4-11-29-17/h1-2,4-5,7-11,13H,3,6,12,14H2,(H,26,27). The van der Waals surface area contributed by atoms with Crippen LogP contribution in [0.15, 0.2) is 65.1 Å². The average molecular weight is 453 g/mol. The summed E-state index contributed by atoms with van der Waals surface area (Å²) in [5, 5.41) is 5.18. The highest BCUT2D eigenvalue weighted by atomic mass is 32.2. The molecule has 0 radical (unpaired) electrons. The summed E-state index contributed by atoms with van der Waals surface area (Å²) in [6.07, 6.45) is -2.13. The number of rotatable bonds is 8. The van der Waals surface area contributed by atoms with Gasteiger partial charge in [0.25, 0.3) is 0 Å². The third-order valence-corrected chi connectivity index (χ3v) is 5.98. The summed E-state index contributed by atoms with van der Waals surface area (Å²) >= 11 is 2.94. The van der Waals surface area contributed by atoms with Crippen molar-refractivity contribution in [1.29, 1.82) is 0 Å². The van der Waals surface area contributed by atoms with Crippen LogP contribution < -0.4 is 10.1 Å². The number of carbonyl (C=O) groups excluding carboxylic acids is 1. The van der Waals surface area contributed by atoms with E-state index in [-0.39, 0.29) is 0 Å². The number of ether oxygens (including phenoxy) is 1. The zero-order chi connectivity index (χ0) is 21.4. The molecule has 0 saturated heterocycles. The molecule has 2 aromatic heterocycles. The predicted octanol–water partition coefficient (Wildman–Crippen LogP) is 6.18. The average Bonchev–Trinajstić information content (AvgIpc) is 3.24. The molecule has 1 N–H and O–H groups in total. The number of nitrogens with one attached hydrogen (secondary N) is 1. The van der Waals surface area contributed by atoms with Gasteiger partial charge in [0.15, 0.2) is 5.75 Å². The van der Waals surface area contributed by atoms with E-state index in [4.69, 9.17) is 4.74 Å². The minimum absolute atomic E-state index is 0.352. The number of pyridine rings is 1. The minimum Gasteiger partial charge on any atom is -0.407 e. The second-order valence-corrected chi connectivity index (χ2v) is 8.40. The first-order valence-corrected chi connectivity index (χ1v) is 11.0. The minimum atomic E-state index is -4.34. The number of amides is 1. The maximum Gasteiger partial charge on any atom is 0.416 e. The Morgan fingerprint density at radius 1 is 1.17 bits per heavy atom. The molecule has 30 heavy (non-hydrogen) atoms. The number of thioether (sulfide) groups is 1. The van der Waals surface area contributed by atoms with Gasteiger partial charge in [-0.05, 0) is 53.8 Å². The Hall–Kier alpha value is -2.52. The number of aromatic nitrogens is 1. The van der Waals surface area contributed by atoms with Crippen LogP contribution in [0.25, 0.3) is 0 Å². The Bertz CT molecular complexity index is 963. The number of nitrogens with zero attached hydrogens (tertiary/aromatic N) is 1. The van der Waals surface area contributed by atoms with Crippen LogP contribution in [0.2, 0.25) is 0 Å². The molecule has 1 aromatic carbocycles. The lowest BCUT2D eigenvalue weighted by molar-refractivity contribution is -0.137. The van der Waals surface area contributed by atoms with E-state index in [1.165, 1.54) is 35.2 Å². The van der Waals surface area contributed by atoms with Gasteiger partial charge < -0.3 is 10.1 Å². The summed E-state index contributed by atoms with van der Waals surface area (Å²) in [5.74, 6) is 0.978. The van der Waals surface area contributed by atoms with Gasteiger partial charge >= 0.3 is 12.3 Å². The Balaban J connectivity index is 1.48. The lowest BCUT2D eigenvalue weighted by Gasteiger charge is -2.10. The van der Waals surface area contributed by atoms with Crippen molar-refractivity contribution < 1.29 is 22.7 Å². The molecule has 3 rings (SSSR count). The molecule has 1 amide bonds. The summed E-state index contributed by atoms with van der Waals surface area (Å²) in [6, 6.07) is 12.5. The maximum absolute atomic E-state index is 12.8. The van der Waals surface area contributed by atoms with Gasteiger partial charge in [-0.15, -0.1) is 23.1 Å². The lowest BCUT2D eigenvalue weighted by atomic mass is 10.1. The molecule has 0 unspecified atom stereocenters. The molecule has 3 aromatic rings. The number of hydrogen-bond donors (Lipinski definition) is 1. The van der Waals surface area contributed by atoms with Crippen molar-refractivity contribution in [2.75, 3.05) is 5.75 Å². The smallest absolute Gasteiger partial charge is 0.407 e. The molecule has 0 aliphatic heterocycles. The van der Waals surface area contributed by atoms with Crippen LogP contribution in [0.5, 0.6) is 5.75 Å². The molecule has 0 aliphatic rings. The van der Waals surface area contributed by atoms with E-state index in [1.54, 1.807) is 24.4 Å². The summed E-state index contributed by atoms with van der Waals surface area (Å²) in [7, 11) is 0. The molecule has 0 saturated carbocycles. The zero-order valence-electron chi connectivity index (χ0n) is 15.8. The van der Waals surface area contributed by atoms with Gasteiger partial charge in [-0.2, -0.15) is 13.2 Å². The summed E-state index contributed by atoms with van der Waals surface area (Å²) in [4.78, 5) is 17.3. The maximum atomic E-state index is 12.8. The number of aryl methyl sites for hydroxylation is 1. The Kier molecular flexibility index (Phi) is 7.75. The number of thiophene rings is 1. The Labute approximate surface area is 180 Å². The first-order chi connectivity index (χ1) is 14.4. The van der Waals surface area contributed by atoms with Crippen LogP contribution >= 0.6 is 23.1 Å². The van der Waals surface area contributed by atoms with E-state index in [2.05, 4.69) is 10.3 Å². The van der Waals surface area contributed by atoms with Crippen molar-refractivity contribution in [3.63, 3.8) is 0 Å². The Morgan fingerprint density at radius 2 is 2.03 bits per heavy atom. The summed E-state index contributed by atoms with van der Waals surface area (Å²) in [5.41, 5.74) is -0.00231. The van der Waals surface area contributed by atoms with Crippen LogP contribution in [0.4, 0.5) is 18.0 Å². The highest BCUT2D eigenvalue weighted by Crippen LogP contribution is 2.30. The lowest BCUT2D eigenvalue weighted by Crippen LogP contribution is -2.26. The van der Waals surface area contributed by atoms with Gasteiger partial charge in [0.2, 0.25) is 0 Å². The van der Waals surface area contributed by atoms with Crippen LogP contribution in [-0.2, 0) is 19.1 Å².